The van der Waals surface area contributed by atoms with Crippen LogP contribution in [0.25, 0.3) is 0 Å². The van der Waals surface area contributed by atoms with Gasteiger partial charge >= 0.3 is 0 Å². The summed E-state index contributed by atoms with van der Waals surface area (Å²) in [5, 5.41) is 10.5. The van der Waals surface area contributed by atoms with Gasteiger partial charge in [-0.25, -0.2) is 5.43 Å². The fourth-order valence-corrected chi connectivity index (χ4v) is 1.66. The maximum absolute atomic E-state index is 10.5. The number of hydrogen-bond donors (Lipinski definition) is 2. The Labute approximate surface area is 116 Å². The molecule has 0 fully saturated rings. The van der Waals surface area contributed by atoms with Crippen molar-refractivity contribution in [2.24, 2.45) is 0 Å². The van der Waals surface area contributed by atoms with Crippen molar-refractivity contribution in [3.8, 4) is 5.75 Å². The topological polar surface area (TPSA) is 76.4 Å². The summed E-state index contributed by atoms with van der Waals surface area (Å²) in [7, 11) is 1.62. The molecule has 0 heterocycles. The molecule has 0 amide bonds. The van der Waals surface area contributed by atoms with Crippen molar-refractivity contribution in [2.45, 2.75) is 6.54 Å². The molecule has 0 aliphatic carbocycles. The molecule has 104 valence electrons. The minimum Gasteiger partial charge on any atom is -0.497 e. The van der Waals surface area contributed by atoms with Gasteiger partial charge in [0.2, 0.25) is 0 Å². The smallest absolute Gasteiger partial charge is 0.269 e. The molecule has 0 radical (unpaired) electrons. The second kappa shape index (κ2) is 6.53. The van der Waals surface area contributed by atoms with Crippen molar-refractivity contribution in [3.63, 3.8) is 0 Å². The Kier molecular flexibility index (Phi) is 4.52. The molecule has 2 aromatic rings. The van der Waals surface area contributed by atoms with Crippen molar-refractivity contribution >= 4 is 11.4 Å². The maximum atomic E-state index is 10.5. The zero-order chi connectivity index (χ0) is 14.4. The van der Waals surface area contributed by atoms with E-state index >= 15 is 0 Å². The van der Waals surface area contributed by atoms with E-state index in [9.17, 15) is 10.1 Å². The standard InChI is InChI=1S/C14H15N3O3/c1-20-14-8-4-12(5-9-14)16-15-10-11-2-6-13(7-3-11)17(18)19/h2-9,15-16H,10H2,1H3. The fourth-order valence-electron chi connectivity index (χ4n) is 1.66. The lowest BCUT2D eigenvalue weighted by Crippen LogP contribution is -2.20. The number of anilines is 1. The number of methoxy groups -OCH3 is 1. The third-order valence-electron chi connectivity index (χ3n) is 2.76. The van der Waals surface area contributed by atoms with Crippen LogP contribution in [0.3, 0.4) is 0 Å². The molecule has 0 bridgehead atoms. The first-order valence-corrected chi connectivity index (χ1v) is 6.05. The van der Waals surface area contributed by atoms with Gasteiger partial charge in [-0.3, -0.25) is 10.1 Å². The molecule has 6 heteroatoms. The highest BCUT2D eigenvalue weighted by molar-refractivity contribution is 5.45. The summed E-state index contributed by atoms with van der Waals surface area (Å²) in [5.74, 6) is 0.797. The molecule has 20 heavy (non-hydrogen) atoms. The van der Waals surface area contributed by atoms with Crippen LogP contribution in [0, 0.1) is 10.1 Å². The lowest BCUT2D eigenvalue weighted by molar-refractivity contribution is -0.384. The first kappa shape index (κ1) is 13.8. The van der Waals surface area contributed by atoms with E-state index in [2.05, 4.69) is 10.9 Å². The van der Waals surface area contributed by atoms with Gasteiger partial charge in [0, 0.05) is 24.4 Å². The van der Waals surface area contributed by atoms with Gasteiger partial charge in [-0.1, -0.05) is 12.1 Å². The van der Waals surface area contributed by atoms with Gasteiger partial charge < -0.3 is 10.2 Å². The van der Waals surface area contributed by atoms with Crippen molar-refractivity contribution < 1.29 is 9.66 Å². The van der Waals surface area contributed by atoms with Crippen LogP contribution in [-0.4, -0.2) is 12.0 Å². The molecule has 2 N–H and O–H groups in total. The van der Waals surface area contributed by atoms with Crippen LogP contribution >= 0.6 is 0 Å². The monoisotopic (exact) mass is 273 g/mol. The summed E-state index contributed by atoms with van der Waals surface area (Å²) < 4.78 is 5.07. The van der Waals surface area contributed by atoms with Crippen LogP contribution in [0.1, 0.15) is 5.56 Å². The fraction of sp³-hybridized carbons (Fsp3) is 0.143. The number of nitro benzene ring substituents is 1. The Balaban J connectivity index is 1.84. The van der Waals surface area contributed by atoms with Crippen molar-refractivity contribution in [1.82, 2.24) is 5.43 Å². The highest BCUT2D eigenvalue weighted by atomic mass is 16.6. The van der Waals surface area contributed by atoms with Gasteiger partial charge in [0.15, 0.2) is 0 Å². The summed E-state index contributed by atoms with van der Waals surface area (Å²) in [4.78, 5) is 10.1. The average molecular weight is 273 g/mol. The predicted molar refractivity (Wildman–Crippen MR) is 76.6 cm³/mol. The molecule has 6 nitrogen and oxygen atoms in total. The molecule has 0 spiro atoms. The Morgan fingerprint density at radius 1 is 1.10 bits per heavy atom. The molecule has 0 aromatic heterocycles. The number of benzene rings is 2. The Bertz CT molecular complexity index is 567. The van der Waals surface area contributed by atoms with Gasteiger partial charge in [0.05, 0.1) is 12.0 Å². The van der Waals surface area contributed by atoms with Gasteiger partial charge in [0.1, 0.15) is 5.75 Å². The largest absolute Gasteiger partial charge is 0.497 e. The number of nitro groups is 1. The van der Waals surface area contributed by atoms with E-state index in [1.165, 1.54) is 12.1 Å². The van der Waals surface area contributed by atoms with Gasteiger partial charge in [0.25, 0.3) is 5.69 Å². The zero-order valence-electron chi connectivity index (χ0n) is 11.0. The highest BCUT2D eigenvalue weighted by Gasteiger charge is 2.03. The third kappa shape index (κ3) is 3.69. The van der Waals surface area contributed by atoms with E-state index in [0.717, 1.165) is 17.0 Å². The van der Waals surface area contributed by atoms with Crippen LogP contribution < -0.4 is 15.6 Å². The first-order valence-electron chi connectivity index (χ1n) is 6.05. The molecule has 0 saturated carbocycles. The highest BCUT2D eigenvalue weighted by Crippen LogP contribution is 2.14. The quantitative estimate of drug-likeness (QED) is 0.625. The van der Waals surface area contributed by atoms with Gasteiger partial charge in [-0.15, -0.1) is 0 Å². The van der Waals surface area contributed by atoms with Gasteiger partial charge in [-0.2, -0.15) is 0 Å². The number of hydrazine groups is 1. The van der Waals surface area contributed by atoms with Crippen LogP contribution in [0.4, 0.5) is 11.4 Å². The Hall–Kier alpha value is -2.60. The molecule has 0 unspecified atom stereocenters. The van der Waals surface area contributed by atoms with E-state index in [0.29, 0.717) is 6.54 Å². The lowest BCUT2D eigenvalue weighted by Gasteiger charge is -2.09. The van der Waals surface area contributed by atoms with Crippen LogP contribution in [-0.2, 0) is 6.54 Å². The Morgan fingerprint density at radius 3 is 2.30 bits per heavy atom. The minimum absolute atomic E-state index is 0.0943. The van der Waals surface area contributed by atoms with Crippen molar-refractivity contribution in [3.05, 3.63) is 64.2 Å². The van der Waals surface area contributed by atoms with Crippen molar-refractivity contribution in [1.29, 1.82) is 0 Å². The molecular weight excluding hydrogens is 258 g/mol. The summed E-state index contributed by atoms with van der Waals surface area (Å²) in [6, 6.07) is 13.9. The van der Waals surface area contributed by atoms with E-state index in [-0.39, 0.29) is 5.69 Å². The molecule has 0 saturated heterocycles. The zero-order valence-corrected chi connectivity index (χ0v) is 11.0. The summed E-state index contributed by atoms with van der Waals surface area (Å²) in [6.45, 7) is 0.560. The second-order valence-electron chi connectivity index (χ2n) is 4.13. The molecule has 2 aromatic carbocycles. The molecular formula is C14H15N3O3. The summed E-state index contributed by atoms with van der Waals surface area (Å²) in [5.41, 5.74) is 8.05. The molecule has 0 aliphatic heterocycles. The average Bonchev–Trinajstić information content (AvgIpc) is 2.48. The number of non-ortho nitro benzene ring substituents is 1. The SMILES string of the molecule is COc1ccc(NNCc2ccc([N+](=O)[O-])cc2)cc1. The molecule has 2 rings (SSSR count). The number of hydrogen-bond acceptors (Lipinski definition) is 5. The molecule has 0 atom stereocenters. The number of nitrogens with zero attached hydrogens (tertiary/aromatic N) is 1. The van der Waals surface area contributed by atoms with Crippen LogP contribution in [0.2, 0.25) is 0 Å². The van der Waals surface area contributed by atoms with E-state index < -0.39 is 4.92 Å². The number of ether oxygens (including phenoxy) is 1. The summed E-state index contributed by atoms with van der Waals surface area (Å²) in [6.07, 6.45) is 0. The predicted octanol–water partition coefficient (Wildman–Crippen LogP) is 2.72. The number of nitrogens with one attached hydrogen (secondary N) is 2. The normalized spacial score (nSPS) is 10.1. The second-order valence-corrected chi connectivity index (χ2v) is 4.13. The summed E-state index contributed by atoms with van der Waals surface area (Å²) >= 11 is 0. The van der Waals surface area contributed by atoms with Crippen LogP contribution in [0.15, 0.2) is 48.5 Å². The Morgan fingerprint density at radius 2 is 1.75 bits per heavy atom. The first-order chi connectivity index (χ1) is 9.69. The van der Waals surface area contributed by atoms with Gasteiger partial charge in [-0.05, 0) is 29.8 Å². The molecule has 0 aliphatic rings. The van der Waals surface area contributed by atoms with Crippen molar-refractivity contribution in [2.75, 3.05) is 12.5 Å². The van der Waals surface area contributed by atoms with E-state index in [1.54, 1.807) is 19.2 Å². The third-order valence-corrected chi connectivity index (χ3v) is 2.76. The number of rotatable bonds is 6. The van der Waals surface area contributed by atoms with E-state index in [1.807, 2.05) is 24.3 Å². The minimum atomic E-state index is -0.410. The van der Waals surface area contributed by atoms with Crippen LogP contribution in [0.5, 0.6) is 5.75 Å². The van der Waals surface area contributed by atoms with E-state index in [4.69, 9.17) is 4.74 Å². The lowest BCUT2D eigenvalue weighted by atomic mass is 10.2. The maximum Gasteiger partial charge on any atom is 0.269 e.